The van der Waals surface area contributed by atoms with Crippen LogP contribution in [0.1, 0.15) is 5.56 Å². The van der Waals surface area contributed by atoms with Gasteiger partial charge in [0.25, 0.3) is 0 Å². The van der Waals surface area contributed by atoms with Crippen LogP contribution in [0.4, 0.5) is 10.1 Å². The number of anilines is 1. The van der Waals surface area contributed by atoms with Crippen molar-refractivity contribution in [3.63, 3.8) is 0 Å². The lowest BCUT2D eigenvalue weighted by molar-refractivity contribution is 0.630. The van der Waals surface area contributed by atoms with Crippen molar-refractivity contribution >= 4 is 33.2 Å². The molecule has 0 amide bonds. The first-order valence-corrected chi connectivity index (χ1v) is 6.26. The largest absolute Gasteiger partial charge is 0.379 e. The summed E-state index contributed by atoms with van der Waals surface area (Å²) < 4.78 is 14.6. The van der Waals surface area contributed by atoms with Crippen LogP contribution >= 0.6 is 27.5 Å². The molecule has 0 aliphatic rings. The van der Waals surface area contributed by atoms with Gasteiger partial charge in [0.1, 0.15) is 0 Å². The molecule has 0 aromatic heterocycles. The summed E-state index contributed by atoms with van der Waals surface area (Å²) in [6.45, 7) is 0.560. The Balaban J connectivity index is 2.07. The van der Waals surface area contributed by atoms with E-state index >= 15 is 0 Å². The van der Waals surface area contributed by atoms with E-state index in [0.29, 0.717) is 12.2 Å². The Morgan fingerprint density at radius 1 is 1.12 bits per heavy atom. The second-order valence-electron chi connectivity index (χ2n) is 3.58. The molecule has 2 rings (SSSR count). The zero-order chi connectivity index (χ0) is 12.3. The van der Waals surface area contributed by atoms with Gasteiger partial charge in [0, 0.05) is 11.0 Å². The van der Waals surface area contributed by atoms with Crippen molar-refractivity contribution < 1.29 is 4.39 Å². The monoisotopic (exact) mass is 313 g/mol. The molecule has 0 spiro atoms. The molecular formula is C13H10BrClFN. The van der Waals surface area contributed by atoms with E-state index < -0.39 is 5.82 Å². The van der Waals surface area contributed by atoms with E-state index in [-0.39, 0.29) is 5.02 Å². The lowest BCUT2D eigenvalue weighted by atomic mass is 10.2. The Morgan fingerprint density at radius 3 is 2.53 bits per heavy atom. The van der Waals surface area contributed by atoms with Gasteiger partial charge in [-0.1, -0.05) is 45.7 Å². The first-order chi connectivity index (χ1) is 8.16. The molecule has 88 valence electrons. The topological polar surface area (TPSA) is 12.0 Å². The average Bonchev–Trinajstić information content (AvgIpc) is 2.33. The Bertz CT molecular complexity index is 513. The van der Waals surface area contributed by atoms with E-state index in [4.69, 9.17) is 11.6 Å². The maximum atomic E-state index is 13.6. The molecule has 0 unspecified atom stereocenters. The zero-order valence-electron chi connectivity index (χ0n) is 8.88. The number of halogens is 3. The van der Waals surface area contributed by atoms with Crippen LogP contribution in [-0.4, -0.2) is 0 Å². The molecule has 0 heterocycles. The van der Waals surface area contributed by atoms with Gasteiger partial charge in [0.05, 0.1) is 10.7 Å². The summed E-state index contributed by atoms with van der Waals surface area (Å²) in [4.78, 5) is 0. The highest BCUT2D eigenvalue weighted by Gasteiger charge is 2.05. The Hall–Kier alpha value is -1.06. The molecule has 0 fully saturated rings. The summed E-state index contributed by atoms with van der Waals surface area (Å²) in [6.07, 6.45) is 0. The minimum absolute atomic E-state index is 0.130. The van der Waals surface area contributed by atoms with Crippen molar-refractivity contribution in [2.45, 2.75) is 6.54 Å². The van der Waals surface area contributed by atoms with Crippen molar-refractivity contribution in [2.75, 3.05) is 5.32 Å². The summed E-state index contributed by atoms with van der Waals surface area (Å²) in [5.74, 6) is -0.411. The summed E-state index contributed by atoms with van der Waals surface area (Å²) in [7, 11) is 0. The maximum absolute atomic E-state index is 13.6. The molecule has 1 nitrogen and oxygen atoms in total. The molecule has 0 radical (unpaired) electrons. The first-order valence-electron chi connectivity index (χ1n) is 5.09. The Kier molecular flexibility index (Phi) is 4.02. The molecule has 0 aliphatic heterocycles. The fourth-order valence-electron chi connectivity index (χ4n) is 1.44. The lowest BCUT2D eigenvalue weighted by Crippen LogP contribution is -2.01. The van der Waals surface area contributed by atoms with Crippen LogP contribution in [0.2, 0.25) is 5.02 Å². The standard InChI is InChI=1S/C13H10BrClFN/c14-10-6-4-9(5-7-10)8-17-12-3-1-2-11(15)13(12)16/h1-7,17H,8H2. The summed E-state index contributed by atoms with van der Waals surface area (Å²) in [5.41, 5.74) is 1.49. The lowest BCUT2D eigenvalue weighted by Gasteiger charge is -2.08. The van der Waals surface area contributed by atoms with E-state index in [9.17, 15) is 4.39 Å². The third-order valence-electron chi connectivity index (χ3n) is 2.35. The highest BCUT2D eigenvalue weighted by atomic mass is 79.9. The van der Waals surface area contributed by atoms with Crippen LogP contribution in [0.5, 0.6) is 0 Å². The zero-order valence-corrected chi connectivity index (χ0v) is 11.2. The summed E-state index contributed by atoms with van der Waals surface area (Å²) in [5, 5.41) is 3.15. The predicted octanol–water partition coefficient (Wildman–Crippen LogP) is 4.85. The van der Waals surface area contributed by atoms with Gasteiger partial charge in [-0.05, 0) is 29.8 Å². The van der Waals surface area contributed by atoms with Crippen LogP contribution in [0.3, 0.4) is 0 Å². The second-order valence-corrected chi connectivity index (χ2v) is 4.90. The van der Waals surface area contributed by atoms with Crippen molar-refractivity contribution in [3.05, 3.63) is 63.3 Å². The molecule has 1 N–H and O–H groups in total. The quantitative estimate of drug-likeness (QED) is 0.853. The number of benzene rings is 2. The van der Waals surface area contributed by atoms with E-state index in [1.807, 2.05) is 24.3 Å². The molecular weight excluding hydrogens is 305 g/mol. The van der Waals surface area contributed by atoms with Gasteiger partial charge in [-0.3, -0.25) is 0 Å². The van der Waals surface area contributed by atoms with Gasteiger partial charge in [-0.2, -0.15) is 0 Å². The summed E-state index contributed by atoms with van der Waals surface area (Å²) in [6, 6.07) is 12.8. The third-order valence-corrected chi connectivity index (χ3v) is 3.17. The van der Waals surface area contributed by atoms with Crippen LogP contribution in [0.25, 0.3) is 0 Å². The fraction of sp³-hybridized carbons (Fsp3) is 0.0769. The Morgan fingerprint density at radius 2 is 1.82 bits per heavy atom. The SMILES string of the molecule is Fc1c(Cl)cccc1NCc1ccc(Br)cc1. The molecule has 0 saturated heterocycles. The highest BCUT2D eigenvalue weighted by Crippen LogP contribution is 2.22. The molecule has 4 heteroatoms. The van der Waals surface area contributed by atoms with E-state index in [1.165, 1.54) is 6.07 Å². The van der Waals surface area contributed by atoms with E-state index in [2.05, 4.69) is 21.2 Å². The molecule has 0 aliphatic carbocycles. The number of rotatable bonds is 3. The molecule has 17 heavy (non-hydrogen) atoms. The van der Waals surface area contributed by atoms with Crippen LogP contribution in [0, 0.1) is 5.82 Å². The molecule has 0 saturated carbocycles. The van der Waals surface area contributed by atoms with Gasteiger partial charge in [0.15, 0.2) is 5.82 Å². The smallest absolute Gasteiger partial charge is 0.164 e. The van der Waals surface area contributed by atoms with Gasteiger partial charge < -0.3 is 5.32 Å². The minimum Gasteiger partial charge on any atom is -0.379 e. The van der Waals surface area contributed by atoms with Crippen LogP contribution in [0.15, 0.2) is 46.9 Å². The van der Waals surface area contributed by atoms with Crippen molar-refractivity contribution in [1.29, 1.82) is 0 Å². The first kappa shape index (κ1) is 12.4. The predicted molar refractivity (Wildman–Crippen MR) is 72.9 cm³/mol. The van der Waals surface area contributed by atoms with Crippen molar-refractivity contribution in [2.24, 2.45) is 0 Å². The molecule has 2 aromatic carbocycles. The maximum Gasteiger partial charge on any atom is 0.164 e. The van der Waals surface area contributed by atoms with E-state index in [0.717, 1.165) is 10.0 Å². The number of nitrogens with one attached hydrogen (secondary N) is 1. The van der Waals surface area contributed by atoms with Crippen LogP contribution in [-0.2, 0) is 6.54 Å². The van der Waals surface area contributed by atoms with Crippen molar-refractivity contribution in [1.82, 2.24) is 0 Å². The van der Waals surface area contributed by atoms with Gasteiger partial charge in [-0.15, -0.1) is 0 Å². The Labute approximate surface area is 113 Å². The van der Waals surface area contributed by atoms with E-state index in [1.54, 1.807) is 12.1 Å². The second kappa shape index (κ2) is 5.52. The summed E-state index contributed by atoms with van der Waals surface area (Å²) >= 11 is 9.06. The number of hydrogen-bond acceptors (Lipinski definition) is 1. The third kappa shape index (κ3) is 3.20. The minimum atomic E-state index is -0.411. The van der Waals surface area contributed by atoms with Crippen LogP contribution < -0.4 is 5.32 Å². The highest BCUT2D eigenvalue weighted by molar-refractivity contribution is 9.10. The molecule has 0 bridgehead atoms. The van der Waals surface area contributed by atoms with Gasteiger partial charge in [0.2, 0.25) is 0 Å². The van der Waals surface area contributed by atoms with Gasteiger partial charge >= 0.3 is 0 Å². The molecule has 2 aromatic rings. The molecule has 0 atom stereocenters. The fourth-order valence-corrected chi connectivity index (χ4v) is 1.88. The average molecular weight is 315 g/mol. The number of hydrogen-bond donors (Lipinski definition) is 1. The van der Waals surface area contributed by atoms with Gasteiger partial charge in [-0.25, -0.2) is 4.39 Å². The normalized spacial score (nSPS) is 10.3. The van der Waals surface area contributed by atoms with Crippen molar-refractivity contribution in [3.8, 4) is 0 Å².